The summed E-state index contributed by atoms with van der Waals surface area (Å²) in [7, 11) is 0. The summed E-state index contributed by atoms with van der Waals surface area (Å²) in [6.45, 7) is 0.372. The first-order valence-corrected chi connectivity index (χ1v) is 2.30. The van der Waals surface area contributed by atoms with E-state index in [0.717, 1.165) is 4.76 Å². The SMILES string of the molecule is O=[N+]1C=COC=CC1. The number of hydrogen-bond acceptors (Lipinski definition) is 2. The van der Waals surface area contributed by atoms with Crippen molar-refractivity contribution in [3.05, 3.63) is 29.7 Å². The molecule has 0 saturated heterocycles. The van der Waals surface area contributed by atoms with Crippen molar-refractivity contribution in [2.24, 2.45) is 0 Å². The van der Waals surface area contributed by atoms with Crippen LogP contribution in [0.2, 0.25) is 0 Å². The smallest absolute Gasteiger partial charge is 0.256 e. The average molecular weight is 112 g/mol. The van der Waals surface area contributed by atoms with Crippen molar-refractivity contribution in [3.8, 4) is 0 Å². The van der Waals surface area contributed by atoms with Gasteiger partial charge in [-0.25, -0.2) is 0 Å². The average Bonchev–Trinajstić information content (AvgIpc) is 1.94. The minimum atomic E-state index is 0.372. The van der Waals surface area contributed by atoms with Gasteiger partial charge < -0.3 is 4.74 Å². The monoisotopic (exact) mass is 112 g/mol. The summed E-state index contributed by atoms with van der Waals surface area (Å²) in [5.74, 6) is 0. The molecule has 0 N–H and O–H groups in total. The molecule has 0 aliphatic carbocycles. The number of ether oxygens (including phenoxy) is 1. The van der Waals surface area contributed by atoms with Gasteiger partial charge in [-0.05, 0) is 0 Å². The molecule has 0 fully saturated rings. The Labute approximate surface area is 46.8 Å². The molecule has 0 aromatic carbocycles. The van der Waals surface area contributed by atoms with Crippen molar-refractivity contribution in [3.63, 3.8) is 0 Å². The molecule has 0 atom stereocenters. The van der Waals surface area contributed by atoms with E-state index >= 15 is 0 Å². The molecule has 0 spiro atoms. The van der Waals surface area contributed by atoms with Gasteiger partial charge >= 0.3 is 0 Å². The highest BCUT2D eigenvalue weighted by Crippen LogP contribution is 1.88. The van der Waals surface area contributed by atoms with Gasteiger partial charge in [0.1, 0.15) is 0 Å². The fraction of sp³-hybridized carbons (Fsp3) is 0.200. The molecule has 42 valence electrons. The van der Waals surface area contributed by atoms with E-state index in [1.807, 2.05) is 0 Å². The summed E-state index contributed by atoms with van der Waals surface area (Å²) in [6, 6.07) is 0. The van der Waals surface area contributed by atoms with Crippen LogP contribution in [0.15, 0.2) is 24.8 Å². The van der Waals surface area contributed by atoms with Crippen LogP contribution in [-0.2, 0) is 4.74 Å². The maximum atomic E-state index is 10.4. The Bertz CT molecular complexity index is 149. The molecule has 0 aromatic rings. The Morgan fingerprint density at radius 2 is 2.38 bits per heavy atom. The van der Waals surface area contributed by atoms with Crippen molar-refractivity contribution < 1.29 is 9.50 Å². The predicted octanol–water partition coefficient (Wildman–Crippen LogP) is 0.780. The Morgan fingerprint density at radius 1 is 1.50 bits per heavy atom. The molecular formula is C5H6NO2+. The number of nitroso groups, excluding NO2 is 1. The van der Waals surface area contributed by atoms with Gasteiger partial charge in [0, 0.05) is 15.7 Å². The van der Waals surface area contributed by atoms with E-state index in [1.165, 1.54) is 18.7 Å². The van der Waals surface area contributed by atoms with E-state index in [0.29, 0.717) is 6.54 Å². The van der Waals surface area contributed by atoms with Crippen molar-refractivity contribution >= 4 is 0 Å². The standard InChI is InChI=1S/C5H6NO2/c7-6-2-1-4-8-5-3-6/h1,3-5H,2H2/q+1. The highest BCUT2D eigenvalue weighted by Gasteiger charge is 1.99. The summed E-state index contributed by atoms with van der Waals surface area (Å²) in [5, 5.41) is 0. The minimum Gasteiger partial charge on any atom is -0.466 e. The molecule has 1 aliphatic rings. The lowest BCUT2D eigenvalue weighted by atomic mass is 10.6. The number of hydrogen-bond donors (Lipinski definition) is 0. The molecule has 0 aromatic heterocycles. The van der Waals surface area contributed by atoms with Crippen LogP contribution in [0, 0.1) is 4.91 Å². The quantitative estimate of drug-likeness (QED) is 0.433. The highest BCUT2D eigenvalue weighted by molar-refractivity contribution is 4.79. The van der Waals surface area contributed by atoms with Crippen LogP contribution in [0.1, 0.15) is 0 Å². The topological polar surface area (TPSA) is 29.3 Å². The van der Waals surface area contributed by atoms with E-state index in [4.69, 9.17) is 0 Å². The third-order valence-corrected chi connectivity index (χ3v) is 0.766. The first-order chi connectivity index (χ1) is 3.89. The maximum absolute atomic E-state index is 10.4. The van der Waals surface area contributed by atoms with Gasteiger partial charge in [0.25, 0.3) is 6.20 Å². The molecule has 8 heavy (non-hydrogen) atoms. The van der Waals surface area contributed by atoms with Crippen LogP contribution >= 0.6 is 0 Å². The predicted molar refractivity (Wildman–Crippen MR) is 27.9 cm³/mol. The van der Waals surface area contributed by atoms with E-state index in [9.17, 15) is 4.91 Å². The van der Waals surface area contributed by atoms with Gasteiger partial charge in [-0.3, -0.25) is 0 Å². The van der Waals surface area contributed by atoms with Crippen molar-refractivity contribution in [1.82, 2.24) is 0 Å². The van der Waals surface area contributed by atoms with E-state index in [-0.39, 0.29) is 0 Å². The Morgan fingerprint density at radius 3 is 3.25 bits per heavy atom. The largest absolute Gasteiger partial charge is 0.466 e. The van der Waals surface area contributed by atoms with Gasteiger partial charge in [-0.2, -0.15) is 0 Å². The molecule has 1 heterocycles. The molecule has 3 heteroatoms. The third-order valence-electron chi connectivity index (χ3n) is 0.766. The second-order valence-corrected chi connectivity index (χ2v) is 1.39. The maximum Gasteiger partial charge on any atom is 0.256 e. The third kappa shape index (κ3) is 1.18. The lowest BCUT2D eigenvalue weighted by molar-refractivity contribution is -0.467. The fourth-order valence-electron chi connectivity index (χ4n) is 0.412. The molecule has 1 rings (SSSR count). The van der Waals surface area contributed by atoms with Crippen molar-refractivity contribution in [2.45, 2.75) is 0 Å². The zero-order valence-electron chi connectivity index (χ0n) is 4.28. The zero-order valence-corrected chi connectivity index (χ0v) is 4.28. The summed E-state index contributed by atoms with van der Waals surface area (Å²) < 4.78 is 5.44. The lowest BCUT2D eigenvalue weighted by Crippen LogP contribution is -1.95. The van der Waals surface area contributed by atoms with Crippen LogP contribution in [0.3, 0.4) is 0 Å². The Hall–Kier alpha value is -1.12. The molecule has 0 amide bonds. The number of rotatable bonds is 0. The van der Waals surface area contributed by atoms with Crippen LogP contribution in [0.4, 0.5) is 0 Å². The van der Waals surface area contributed by atoms with Gasteiger partial charge in [0.05, 0.1) is 6.26 Å². The highest BCUT2D eigenvalue weighted by atomic mass is 16.5. The van der Waals surface area contributed by atoms with E-state index < -0.39 is 0 Å². The molecule has 3 nitrogen and oxygen atoms in total. The second-order valence-electron chi connectivity index (χ2n) is 1.39. The van der Waals surface area contributed by atoms with E-state index in [1.54, 1.807) is 6.08 Å². The Balaban J connectivity index is 2.61. The van der Waals surface area contributed by atoms with Gasteiger partial charge in [0.15, 0.2) is 6.26 Å². The second kappa shape index (κ2) is 2.26. The van der Waals surface area contributed by atoms with Gasteiger partial charge in [0.2, 0.25) is 6.54 Å². The van der Waals surface area contributed by atoms with Crippen molar-refractivity contribution in [2.75, 3.05) is 6.54 Å². The fourth-order valence-corrected chi connectivity index (χ4v) is 0.412. The molecule has 0 unspecified atom stereocenters. The minimum absolute atomic E-state index is 0.372. The molecular weight excluding hydrogens is 106 g/mol. The summed E-state index contributed by atoms with van der Waals surface area (Å²) >= 11 is 0. The zero-order chi connectivity index (χ0) is 5.82. The van der Waals surface area contributed by atoms with Crippen LogP contribution in [0.5, 0.6) is 0 Å². The van der Waals surface area contributed by atoms with Crippen LogP contribution < -0.4 is 0 Å². The molecule has 0 saturated carbocycles. The number of nitrogens with zero attached hydrogens (tertiary/aromatic N) is 1. The van der Waals surface area contributed by atoms with E-state index in [2.05, 4.69) is 4.74 Å². The van der Waals surface area contributed by atoms with Crippen molar-refractivity contribution in [1.29, 1.82) is 0 Å². The summed E-state index contributed by atoms with van der Waals surface area (Å²) in [6.07, 6.45) is 5.80. The van der Waals surface area contributed by atoms with Crippen LogP contribution in [0.25, 0.3) is 0 Å². The lowest BCUT2D eigenvalue weighted by Gasteiger charge is -1.76. The molecule has 1 aliphatic heterocycles. The normalized spacial score (nSPS) is 17.8. The Kier molecular flexibility index (Phi) is 1.42. The first kappa shape index (κ1) is 5.03. The summed E-state index contributed by atoms with van der Waals surface area (Å²) in [4.78, 5) is 10.4. The molecule has 0 radical (unpaired) electrons. The van der Waals surface area contributed by atoms with Gasteiger partial charge in [-0.15, -0.1) is 0 Å². The molecule has 0 bridgehead atoms. The summed E-state index contributed by atoms with van der Waals surface area (Å²) in [5.41, 5.74) is 0. The van der Waals surface area contributed by atoms with Gasteiger partial charge in [-0.1, -0.05) is 0 Å². The van der Waals surface area contributed by atoms with Crippen LogP contribution in [-0.4, -0.2) is 11.3 Å². The first-order valence-electron chi connectivity index (χ1n) is 2.30.